The van der Waals surface area contributed by atoms with Crippen molar-refractivity contribution in [3.8, 4) is 0 Å². The first-order chi connectivity index (χ1) is 16.0. The Morgan fingerprint density at radius 3 is 2.12 bits per heavy atom. The third-order valence-corrected chi connectivity index (χ3v) is 7.20. The number of amides is 1. The molecule has 15 heteroatoms. The van der Waals surface area contributed by atoms with E-state index in [4.69, 9.17) is 23.2 Å². The van der Waals surface area contributed by atoms with Crippen LogP contribution in [0, 0.1) is 0 Å². The van der Waals surface area contributed by atoms with Crippen LogP contribution in [-0.4, -0.2) is 50.7 Å². The summed E-state index contributed by atoms with van der Waals surface area (Å²) in [7, 11) is -2.05. The second-order valence-corrected chi connectivity index (χ2v) is 10.0. The standard InChI is InChI=1S/C19H14Cl2N4O7S2/c1-31-16(27)9-5-10(17(28)32-2)7-12(6-9)25-34(29,30)19-24-23-18(33-19)22-15(26)13-4-3-11(20)8-14(13)21/h3-8,25H,1-2H3,(H,22,23,26). The van der Waals surface area contributed by atoms with Gasteiger partial charge in [0.2, 0.25) is 5.13 Å². The van der Waals surface area contributed by atoms with Crippen LogP contribution in [0.2, 0.25) is 10.0 Å². The van der Waals surface area contributed by atoms with Crippen molar-refractivity contribution in [3.05, 3.63) is 63.1 Å². The smallest absolute Gasteiger partial charge is 0.337 e. The number of halogens is 2. The number of anilines is 2. The van der Waals surface area contributed by atoms with Gasteiger partial charge in [-0.05, 0) is 36.4 Å². The van der Waals surface area contributed by atoms with Gasteiger partial charge < -0.3 is 9.47 Å². The summed E-state index contributed by atoms with van der Waals surface area (Å²) in [6.45, 7) is 0. The van der Waals surface area contributed by atoms with Crippen LogP contribution in [-0.2, 0) is 19.5 Å². The van der Waals surface area contributed by atoms with Crippen LogP contribution < -0.4 is 10.0 Å². The van der Waals surface area contributed by atoms with E-state index in [1.165, 1.54) is 36.4 Å². The van der Waals surface area contributed by atoms with E-state index < -0.39 is 32.2 Å². The highest BCUT2D eigenvalue weighted by Gasteiger charge is 2.23. The Hall–Kier alpha value is -3.26. The second kappa shape index (κ2) is 10.3. The predicted molar refractivity (Wildman–Crippen MR) is 124 cm³/mol. The van der Waals surface area contributed by atoms with Crippen molar-refractivity contribution < 1.29 is 32.3 Å². The lowest BCUT2D eigenvalue weighted by molar-refractivity contribution is 0.0599. The maximum atomic E-state index is 12.8. The van der Waals surface area contributed by atoms with E-state index in [-0.39, 0.29) is 32.5 Å². The van der Waals surface area contributed by atoms with E-state index in [0.29, 0.717) is 16.4 Å². The molecule has 1 aromatic heterocycles. The number of hydrogen-bond donors (Lipinski definition) is 2. The van der Waals surface area contributed by atoms with Crippen LogP contribution in [0.1, 0.15) is 31.1 Å². The fourth-order valence-corrected chi connectivity index (χ4v) is 4.99. The molecule has 0 unspecified atom stereocenters. The summed E-state index contributed by atoms with van der Waals surface area (Å²) in [4.78, 5) is 36.2. The number of benzene rings is 2. The van der Waals surface area contributed by atoms with Gasteiger partial charge in [-0.2, -0.15) is 8.42 Å². The monoisotopic (exact) mass is 544 g/mol. The maximum absolute atomic E-state index is 12.8. The molecule has 3 rings (SSSR count). The van der Waals surface area contributed by atoms with Crippen molar-refractivity contribution >= 4 is 73.2 Å². The molecule has 0 aliphatic carbocycles. The van der Waals surface area contributed by atoms with Crippen LogP contribution >= 0.6 is 34.5 Å². The SMILES string of the molecule is COC(=O)c1cc(NS(=O)(=O)c2nnc(NC(=O)c3ccc(Cl)cc3Cl)s2)cc(C(=O)OC)c1. The van der Waals surface area contributed by atoms with E-state index in [1.54, 1.807) is 0 Å². The van der Waals surface area contributed by atoms with Crippen molar-refractivity contribution in [1.29, 1.82) is 0 Å². The van der Waals surface area contributed by atoms with Crippen LogP contribution in [0.3, 0.4) is 0 Å². The molecule has 0 bridgehead atoms. The quantitative estimate of drug-likeness (QED) is 0.336. The van der Waals surface area contributed by atoms with Crippen molar-refractivity contribution in [1.82, 2.24) is 10.2 Å². The average Bonchev–Trinajstić information content (AvgIpc) is 3.26. The van der Waals surface area contributed by atoms with E-state index in [0.717, 1.165) is 14.2 Å². The first kappa shape index (κ1) is 25.4. The Bertz CT molecular complexity index is 1360. The molecule has 34 heavy (non-hydrogen) atoms. The lowest BCUT2D eigenvalue weighted by Crippen LogP contribution is -2.15. The summed E-state index contributed by atoms with van der Waals surface area (Å²) in [5.74, 6) is -2.25. The van der Waals surface area contributed by atoms with Crippen molar-refractivity contribution in [2.24, 2.45) is 0 Å². The molecular formula is C19H14Cl2N4O7S2. The Morgan fingerprint density at radius 2 is 1.56 bits per heavy atom. The minimum absolute atomic E-state index is 0.0897. The highest BCUT2D eigenvalue weighted by atomic mass is 35.5. The van der Waals surface area contributed by atoms with Gasteiger partial charge in [0.25, 0.3) is 20.3 Å². The zero-order chi connectivity index (χ0) is 25.0. The molecule has 0 aliphatic heterocycles. The van der Waals surface area contributed by atoms with E-state index in [2.05, 4.69) is 29.7 Å². The van der Waals surface area contributed by atoms with Gasteiger partial charge in [-0.3, -0.25) is 14.8 Å². The summed E-state index contributed by atoms with van der Waals surface area (Å²) in [5, 5.41) is 9.95. The summed E-state index contributed by atoms with van der Waals surface area (Å²) in [5.41, 5.74) is -0.211. The minimum Gasteiger partial charge on any atom is -0.465 e. The van der Waals surface area contributed by atoms with Crippen molar-refractivity contribution in [2.75, 3.05) is 24.3 Å². The van der Waals surface area contributed by atoms with Gasteiger partial charge in [0.1, 0.15) is 0 Å². The molecule has 0 saturated heterocycles. The predicted octanol–water partition coefficient (Wildman–Crippen LogP) is 3.47. The molecule has 3 aromatic rings. The van der Waals surface area contributed by atoms with E-state index in [9.17, 15) is 22.8 Å². The Morgan fingerprint density at radius 1 is 0.941 bits per heavy atom. The number of esters is 2. The summed E-state index contributed by atoms with van der Waals surface area (Å²) in [6, 6.07) is 7.77. The van der Waals surface area contributed by atoms with E-state index in [1.807, 2.05) is 0 Å². The van der Waals surface area contributed by atoms with Crippen LogP contribution in [0.25, 0.3) is 0 Å². The number of nitrogens with one attached hydrogen (secondary N) is 2. The van der Waals surface area contributed by atoms with Crippen molar-refractivity contribution in [2.45, 2.75) is 4.34 Å². The van der Waals surface area contributed by atoms with Crippen LogP contribution in [0.4, 0.5) is 10.8 Å². The van der Waals surface area contributed by atoms with Gasteiger partial charge in [0.05, 0.1) is 41.6 Å². The third kappa shape index (κ3) is 5.80. The number of methoxy groups -OCH3 is 2. The molecule has 0 fully saturated rings. The molecule has 0 atom stereocenters. The first-order valence-electron chi connectivity index (χ1n) is 8.98. The Labute approximate surface area is 207 Å². The van der Waals surface area contributed by atoms with Crippen LogP contribution in [0.5, 0.6) is 0 Å². The highest BCUT2D eigenvalue weighted by molar-refractivity contribution is 7.94. The Balaban J connectivity index is 1.84. The van der Waals surface area contributed by atoms with Gasteiger partial charge in [-0.25, -0.2) is 9.59 Å². The van der Waals surface area contributed by atoms with E-state index >= 15 is 0 Å². The maximum Gasteiger partial charge on any atom is 0.337 e. The van der Waals surface area contributed by atoms with Crippen molar-refractivity contribution in [3.63, 3.8) is 0 Å². The van der Waals surface area contributed by atoms with Gasteiger partial charge >= 0.3 is 11.9 Å². The van der Waals surface area contributed by atoms with Gasteiger partial charge in [-0.1, -0.05) is 34.5 Å². The largest absolute Gasteiger partial charge is 0.465 e. The zero-order valence-corrected chi connectivity index (χ0v) is 20.4. The molecule has 0 aliphatic rings. The molecule has 178 valence electrons. The molecule has 1 amide bonds. The number of carbonyl (C=O) groups excluding carboxylic acids is 3. The third-order valence-electron chi connectivity index (χ3n) is 4.06. The molecule has 2 N–H and O–H groups in total. The second-order valence-electron chi connectivity index (χ2n) is 6.34. The highest BCUT2D eigenvalue weighted by Crippen LogP contribution is 2.26. The van der Waals surface area contributed by atoms with Crippen LogP contribution in [0.15, 0.2) is 40.7 Å². The van der Waals surface area contributed by atoms with Gasteiger partial charge in [0, 0.05) is 5.02 Å². The molecule has 0 spiro atoms. The summed E-state index contributed by atoms with van der Waals surface area (Å²) in [6.07, 6.45) is 0. The number of hydrogen-bond acceptors (Lipinski definition) is 10. The molecule has 11 nitrogen and oxygen atoms in total. The molecule has 1 heterocycles. The molecule has 0 saturated carbocycles. The number of ether oxygens (including phenoxy) is 2. The van der Waals surface area contributed by atoms with Gasteiger partial charge in [-0.15, -0.1) is 10.2 Å². The topological polar surface area (TPSA) is 154 Å². The fraction of sp³-hybridized carbons (Fsp3) is 0.105. The summed E-state index contributed by atoms with van der Waals surface area (Å²) >= 11 is 12.4. The lowest BCUT2D eigenvalue weighted by atomic mass is 10.1. The minimum atomic E-state index is -4.31. The lowest BCUT2D eigenvalue weighted by Gasteiger charge is -2.09. The number of aromatic nitrogens is 2. The number of sulfonamides is 1. The number of nitrogens with zero attached hydrogens (tertiary/aromatic N) is 2. The molecule has 0 radical (unpaired) electrons. The number of rotatable bonds is 7. The number of carbonyl (C=O) groups is 3. The molecule has 2 aromatic carbocycles. The normalized spacial score (nSPS) is 10.9. The average molecular weight is 545 g/mol. The molecular weight excluding hydrogens is 531 g/mol. The van der Waals surface area contributed by atoms with Gasteiger partial charge in [0.15, 0.2) is 0 Å². The fourth-order valence-electron chi connectivity index (χ4n) is 2.56. The Kier molecular flexibility index (Phi) is 7.71. The summed E-state index contributed by atoms with van der Waals surface area (Å²) < 4.78 is 36.5. The zero-order valence-electron chi connectivity index (χ0n) is 17.3. The first-order valence-corrected chi connectivity index (χ1v) is 12.0.